The summed E-state index contributed by atoms with van der Waals surface area (Å²) in [5.74, 6) is 0.704. The van der Waals surface area contributed by atoms with Crippen molar-refractivity contribution < 1.29 is 13.6 Å². The van der Waals surface area contributed by atoms with Gasteiger partial charge in [0, 0.05) is 41.4 Å². The number of hydrogen-bond acceptors (Lipinski definition) is 7. The summed E-state index contributed by atoms with van der Waals surface area (Å²) < 4.78 is 11.1. The molecule has 32 heavy (non-hydrogen) atoms. The molecule has 2 heterocycles. The summed E-state index contributed by atoms with van der Waals surface area (Å²) in [6.07, 6.45) is 0. The lowest BCUT2D eigenvalue weighted by atomic mass is 9.87. The van der Waals surface area contributed by atoms with E-state index in [0.717, 1.165) is 16.5 Å². The van der Waals surface area contributed by atoms with E-state index < -0.39 is 5.63 Å². The van der Waals surface area contributed by atoms with Gasteiger partial charge in [0.15, 0.2) is 0 Å². The predicted molar refractivity (Wildman–Crippen MR) is 125 cm³/mol. The first-order valence-electron chi connectivity index (χ1n) is 10.1. The fourth-order valence-electron chi connectivity index (χ4n) is 3.27. The van der Waals surface area contributed by atoms with E-state index >= 15 is 0 Å². The first-order chi connectivity index (χ1) is 15.2. The Morgan fingerprint density at radius 2 is 1.78 bits per heavy atom. The van der Waals surface area contributed by atoms with E-state index in [1.807, 2.05) is 18.2 Å². The number of rotatable bonds is 5. The summed E-state index contributed by atoms with van der Waals surface area (Å²) in [4.78, 5) is 23.3. The van der Waals surface area contributed by atoms with Crippen molar-refractivity contribution in [1.29, 1.82) is 0 Å². The minimum absolute atomic E-state index is 0.0719. The summed E-state index contributed by atoms with van der Waals surface area (Å²) in [6.45, 7) is 7.92. The molecule has 0 aliphatic heterocycles. The van der Waals surface area contributed by atoms with Crippen LogP contribution in [0.1, 0.15) is 38.8 Å². The van der Waals surface area contributed by atoms with E-state index in [1.165, 1.54) is 30.3 Å². The lowest BCUT2D eigenvalue weighted by molar-refractivity contribution is -0.114. The molecule has 7 nitrogen and oxygen atoms in total. The third-order valence-electron chi connectivity index (χ3n) is 4.91. The van der Waals surface area contributed by atoms with E-state index in [-0.39, 0.29) is 11.3 Å². The smallest absolute Gasteiger partial charge is 0.336 e. The molecular weight excluding hydrogens is 426 g/mol. The van der Waals surface area contributed by atoms with Crippen LogP contribution in [0.2, 0.25) is 0 Å². The molecule has 0 spiro atoms. The van der Waals surface area contributed by atoms with Crippen molar-refractivity contribution in [1.82, 2.24) is 10.2 Å². The van der Waals surface area contributed by atoms with Gasteiger partial charge < -0.3 is 14.2 Å². The van der Waals surface area contributed by atoms with Crippen molar-refractivity contribution in [2.24, 2.45) is 0 Å². The van der Waals surface area contributed by atoms with Crippen molar-refractivity contribution in [2.75, 3.05) is 5.32 Å². The van der Waals surface area contributed by atoms with Crippen LogP contribution in [0.5, 0.6) is 0 Å². The monoisotopic (exact) mass is 449 g/mol. The Labute approximate surface area is 189 Å². The topological polar surface area (TPSA) is 98.2 Å². The summed E-state index contributed by atoms with van der Waals surface area (Å²) in [7, 11) is 0. The standard InChI is InChI=1S/C24H23N3O4S/c1-14(28)25-18-9-10-19-16(11-21(29)30-20(19)12-18)13-32-23-27-26-22(31-23)15-5-7-17(8-6-15)24(2,3)4/h5-12H,13H2,1-4H3,(H,25,28). The number of anilines is 1. The average molecular weight is 450 g/mol. The molecule has 1 amide bonds. The number of carbonyl (C=O) groups is 1. The van der Waals surface area contributed by atoms with Crippen LogP contribution in [0, 0.1) is 0 Å². The normalized spacial score (nSPS) is 11.6. The number of fused-ring (bicyclic) bond motifs is 1. The van der Waals surface area contributed by atoms with Crippen LogP contribution in [0.15, 0.2) is 67.4 Å². The van der Waals surface area contributed by atoms with Gasteiger partial charge in [-0.15, -0.1) is 10.2 Å². The molecule has 0 saturated carbocycles. The molecule has 2 aromatic heterocycles. The fraction of sp³-hybridized carbons (Fsp3) is 0.250. The number of aromatic nitrogens is 2. The van der Waals surface area contributed by atoms with Crippen LogP contribution in [0.25, 0.3) is 22.4 Å². The number of thioether (sulfide) groups is 1. The molecule has 0 fully saturated rings. The zero-order valence-electron chi connectivity index (χ0n) is 18.3. The summed E-state index contributed by atoms with van der Waals surface area (Å²) in [5.41, 5.74) is 3.45. The zero-order valence-corrected chi connectivity index (χ0v) is 19.1. The molecule has 0 radical (unpaired) electrons. The first kappa shape index (κ1) is 21.8. The van der Waals surface area contributed by atoms with Crippen LogP contribution in [0.4, 0.5) is 5.69 Å². The fourth-order valence-corrected chi connectivity index (χ4v) is 4.02. The van der Waals surface area contributed by atoms with E-state index in [9.17, 15) is 9.59 Å². The van der Waals surface area contributed by atoms with Crippen LogP contribution in [-0.4, -0.2) is 16.1 Å². The van der Waals surface area contributed by atoms with Crippen LogP contribution in [0.3, 0.4) is 0 Å². The van der Waals surface area contributed by atoms with E-state index in [4.69, 9.17) is 8.83 Å². The minimum Gasteiger partial charge on any atom is -0.423 e. The minimum atomic E-state index is -0.460. The molecular formula is C24H23N3O4S. The van der Waals surface area contributed by atoms with Gasteiger partial charge in [0.05, 0.1) is 0 Å². The van der Waals surface area contributed by atoms with Gasteiger partial charge in [-0.25, -0.2) is 4.79 Å². The van der Waals surface area contributed by atoms with Crippen molar-refractivity contribution in [3.05, 3.63) is 70.1 Å². The van der Waals surface area contributed by atoms with Crippen molar-refractivity contribution >= 4 is 34.3 Å². The molecule has 0 aliphatic carbocycles. The molecule has 1 N–H and O–H groups in total. The maximum absolute atomic E-state index is 12.0. The average Bonchev–Trinajstić information content (AvgIpc) is 3.20. The van der Waals surface area contributed by atoms with Crippen LogP contribution in [-0.2, 0) is 16.0 Å². The molecule has 0 bridgehead atoms. The molecule has 0 saturated heterocycles. The Hall–Kier alpha value is -3.39. The first-order valence-corrected chi connectivity index (χ1v) is 11.1. The molecule has 8 heteroatoms. The number of carbonyl (C=O) groups excluding carboxylic acids is 1. The SMILES string of the molecule is CC(=O)Nc1ccc2c(CSc3nnc(-c4ccc(C(C)(C)C)cc4)o3)cc(=O)oc2c1. The maximum atomic E-state index is 12.0. The number of hydrogen-bond donors (Lipinski definition) is 1. The zero-order chi connectivity index (χ0) is 22.9. The highest BCUT2D eigenvalue weighted by molar-refractivity contribution is 7.98. The second kappa shape index (κ2) is 8.63. The van der Waals surface area contributed by atoms with Gasteiger partial charge in [0.2, 0.25) is 11.8 Å². The summed E-state index contributed by atoms with van der Waals surface area (Å²) in [5, 5.41) is 12.2. The van der Waals surface area contributed by atoms with Crippen molar-refractivity contribution in [3.8, 4) is 11.5 Å². The van der Waals surface area contributed by atoms with Gasteiger partial charge in [-0.1, -0.05) is 44.7 Å². The molecule has 4 aromatic rings. The predicted octanol–water partition coefficient (Wildman–Crippen LogP) is 5.39. The number of amides is 1. The Balaban J connectivity index is 1.52. The highest BCUT2D eigenvalue weighted by Crippen LogP contribution is 2.30. The summed E-state index contributed by atoms with van der Waals surface area (Å²) >= 11 is 1.34. The lowest BCUT2D eigenvalue weighted by Gasteiger charge is -2.18. The Morgan fingerprint density at radius 1 is 1.03 bits per heavy atom. The molecule has 0 aliphatic rings. The lowest BCUT2D eigenvalue weighted by Crippen LogP contribution is -2.10. The van der Waals surface area contributed by atoms with E-state index in [1.54, 1.807) is 12.1 Å². The van der Waals surface area contributed by atoms with Crippen LogP contribution >= 0.6 is 11.8 Å². The molecule has 0 atom stereocenters. The summed E-state index contributed by atoms with van der Waals surface area (Å²) in [6, 6.07) is 14.8. The second-order valence-electron chi connectivity index (χ2n) is 8.47. The van der Waals surface area contributed by atoms with Gasteiger partial charge in [-0.05, 0) is 40.8 Å². The second-order valence-corrected chi connectivity index (χ2v) is 9.40. The maximum Gasteiger partial charge on any atom is 0.336 e. The van der Waals surface area contributed by atoms with Crippen molar-refractivity contribution in [3.63, 3.8) is 0 Å². The van der Waals surface area contributed by atoms with E-state index in [2.05, 4.69) is 48.4 Å². The molecule has 164 valence electrons. The van der Waals surface area contributed by atoms with Gasteiger partial charge in [-0.2, -0.15) is 0 Å². The van der Waals surface area contributed by atoms with Gasteiger partial charge >= 0.3 is 5.63 Å². The molecule has 0 unspecified atom stereocenters. The van der Waals surface area contributed by atoms with Gasteiger partial charge in [0.25, 0.3) is 5.22 Å². The Bertz CT molecular complexity index is 1330. The van der Waals surface area contributed by atoms with Gasteiger partial charge in [-0.3, -0.25) is 4.79 Å². The highest BCUT2D eigenvalue weighted by Gasteiger charge is 2.15. The van der Waals surface area contributed by atoms with Crippen molar-refractivity contribution in [2.45, 2.75) is 44.1 Å². The number of benzene rings is 2. The Kier molecular flexibility index (Phi) is 5.88. The molecule has 2 aromatic carbocycles. The highest BCUT2D eigenvalue weighted by atomic mass is 32.2. The largest absolute Gasteiger partial charge is 0.423 e. The third-order valence-corrected chi connectivity index (χ3v) is 5.77. The number of nitrogens with one attached hydrogen (secondary N) is 1. The van der Waals surface area contributed by atoms with Gasteiger partial charge in [0.1, 0.15) is 5.58 Å². The van der Waals surface area contributed by atoms with Crippen LogP contribution < -0.4 is 10.9 Å². The third kappa shape index (κ3) is 4.91. The molecule has 4 rings (SSSR count). The Morgan fingerprint density at radius 3 is 2.47 bits per heavy atom. The number of nitrogens with zero attached hydrogens (tertiary/aromatic N) is 2. The van der Waals surface area contributed by atoms with E-state index in [0.29, 0.717) is 28.1 Å². The quantitative estimate of drug-likeness (QED) is 0.322.